The number of rotatable bonds is 4. The number of aliphatic carboxylic acids is 1. The lowest BCUT2D eigenvalue weighted by Gasteiger charge is -2.36. The zero-order valence-corrected chi connectivity index (χ0v) is 10.1. The van der Waals surface area contributed by atoms with Crippen LogP contribution in [0.4, 0.5) is 5.95 Å². The summed E-state index contributed by atoms with van der Waals surface area (Å²) < 4.78 is 0. The van der Waals surface area contributed by atoms with Crippen LogP contribution in [-0.4, -0.2) is 58.2 Å². The van der Waals surface area contributed by atoms with Crippen molar-refractivity contribution in [2.24, 2.45) is 0 Å². The number of carboxylic acids is 1. The first kappa shape index (κ1) is 12.5. The number of hydrogen-bond acceptors (Lipinski definition) is 5. The summed E-state index contributed by atoms with van der Waals surface area (Å²) in [6.45, 7) is 6.36. The van der Waals surface area contributed by atoms with Gasteiger partial charge in [0.2, 0.25) is 5.95 Å². The van der Waals surface area contributed by atoms with Gasteiger partial charge in [-0.3, -0.25) is 9.69 Å². The number of piperazine rings is 1. The topological polar surface area (TPSA) is 69.6 Å². The van der Waals surface area contributed by atoms with Crippen molar-refractivity contribution in [3.8, 4) is 0 Å². The summed E-state index contributed by atoms with van der Waals surface area (Å²) in [5.41, 5.74) is 0. The SMILES string of the molecule is C=CC(C(=O)O)N1CCN(c2ncccn2)CC1. The Morgan fingerprint density at radius 1 is 1.33 bits per heavy atom. The first-order valence-corrected chi connectivity index (χ1v) is 5.83. The molecule has 0 bridgehead atoms. The van der Waals surface area contributed by atoms with Crippen LogP contribution < -0.4 is 4.90 Å². The molecule has 1 unspecified atom stereocenters. The minimum atomic E-state index is -0.852. The third kappa shape index (κ3) is 2.65. The van der Waals surface area contributed by atoms with Crippen molar-refractivity contribution in [3.05, 3.63) is 31.1 Å². The normalized spacial score (nSPS) is 18.3. The minimum Gasteiger partial charge on any atom is -0.480 e. The molecule has 0 amide bonds. The van der Waals surface area contributed by atoms with E-state index in [1.165, 1.54) is 6.08 Å². The summed E-state index contributed by atoms with van der Waals surface area (Å²) in [5.74, 6) is -0.156. The fourth-order valence-electron chi connectivity index (χ4n) is 2.06. The summed E-state index contributed by atoms with van der Waals surface area (Å²) in [5, 5.41) is 9.06. The Hall–Kier alpha value is -1.95. The van der Waals surface area contributed by atoms with Gasteiger partial charge in [-0.25, -0.2) is 9.97 Å². The maximum Gasteiger partial charge on any atom is 0.324 e. The highest BCUT2D eigenvalue weighted by Gasteiger charge is 2.27. The Kier molecular flexibility index (Phi) is 3.88. The summed E-state index contributed by atoms with van der Waals surface area (Å²) >= 11 is 0. The number of aromatic nitrogens is 2. The van der Waals surface area contributed by atoms with E-state index in [2.05, 4.69) is 21.4 Å². The number of carbonyl (C=O) groups is 1. The van der Waals surface area contributed by atoms with Crippen LogP contribution in [0.3, 0.4) is 0 Å². The van der Waals surface area contributed by atoms with E-state index in [1.54, 1.807) is 18.5 Å². The van der Waals surface area contributed by atoms with E-state index in [-0.39, 0.29) is 0 Å². The molecule has 1 aliphatic heterocycles. The molecule has 6 heteroatoms. The van der Waals surface area contributed by atoms with Crippen LogP contribution in [0.15, 0.2) is 31.1 Å². The van der Waals surface area contributed by atoms with Gasteiger partial charge < -0.3 is 10.0 Å². The van der Waals surface area contributed by atoms with Gasteiger partial charge in [-0.1, -0.05) is 6.08 Å². The molecule has 6 nitrogen and oxygen atoms in total. The third-order valence-electron chi connectivity index (χ3n) is 3.02. The van der Waals surface area contributed by atoms with Gasteiger partial charge in [0.05, 0.1) is 0 Å². The van der Waals surface area contributed by atoms with Crippen LogP contribution in [0, 0.1) is 0 Å². The monoisotopic (exact) mass is 248 g/mol. The maximum atomic E-state index is 11.0. The Labute approximate surface area is 106 Å². The average Bonchev–Trinajstić information content (AvgIpc) is 2.41. The van der Waals surface area contributed by atoms with Crippen LogP contribution in [0.5, 0.6) is 0 Å². The van der Waals surface area contributed by atoms with Gasteiger partial charge in [0.1, 0.15) is 6.04 Å². The van der Waals surface area contributed by atoms with E-state index < -0.39 is 12.0 Å². The Balaban J connectivity index is 1.96. The fraction of sp³-hybridized carbons (Fsp3) is 0.417. The molecule has 0 aromatic carbocycles. The maximum absolute atomic E-state index is 11.0. The second kappa shape index (κ2) is 5.59. The quantitative estimate of drug-likeness (QED) is 0.770. The summed E-state index contributed by atoms with van der Waals surface area (Å²) in [6, 6.07) is 1.17. The molecule has 0 spiro atoms. The first-order chi connectivity index (χ1) is 8.72. The minimum absolute atomic E-state index is 0.608. The molecule has 2 rings (SSSR count). The standard InChI is InChI=1S/C12H16N4O2/c1-2-10(11(17)18)15-6-8-16(9-7-15)12-13-4-3-5-14-12/h2-5,10H,1,6-9H2,(H,17,18). The van der Waals surface area contributed by atoms with Gasteiger partial charge >= 0.3 is 5.97 Å². The van der Waals surface area contributed by atoms with E-state index in [1.807, 2.05) is 4.90 Å². The predicted octanol–water partition coefficient (Wildman–Crippen LogP) is 0.238. The highest BCUT2D eigenvalue weighted by atomic mass is 16.4. The molecule has 1 aromatic rings. The van der Waals surface area contributed by atoms with Crippen LogP contribution in [0.2, 0.25) is 0 Å². The number of anilines is 1. The number of carboxylic acid groups (broad SMARTS) is 1. The Bertz CT molecular complexity index is 415. The molecule has 1 aliphatic rings. The lowest BCUT2D eigenvalue weighted by Crippen LogP contribution is -2.52. The van der Waals surface area contributed by atoms with E-state index in [9.17, 15) is 4.79 Å². The summed E-state index contributed by atoms with van der Waals surface area (Å²) in [6.07, 6.45) is 4.88. The highest BCUT2D eigenvalue weighted by molar-refractivity contribution is 5.75. The molecule has 1 fully saturated rings. The Morgan fingerprint density at radius 3 is 2.44 bits per heavy atom. The van der Waals surface area contributed by atoms with Gasteiger partial charge in [0, 0.05) is 38.6 Å². The molecule has 2 heterocycles. The molecule has 18 heavy (non-hydrogen) atoms. The molecule has 1 N–H and O–H groups in total. The van der Waals surface area contributed by atoms with Crippen LogP contribution >= 0.6 is 0 Å². The highest BCUT2D eigenvalue weighted by Crippen LogP contribution is 2.12. The molecule has 0 aliphatic carbocycles. The number of nitrogens with zero attached hydrogens (tertiary/aromatic N) is 4. The molecule has 96 valence electrons. The fourth-order valence-corrected chi connectivity index (χ4v) is 2.06. The van der Waals surface area contributed by atoms with Crippen molar-refractivity contribution in [3.63, 3.8) is 0 Å². The van der Waals surface area contributed by atoms with Crippen LogP contribution in [-0.2, 0) is 4.79 Å². The van der Waals surface area contributed by atoms with E-state index in [0.29, 0.717) is 19.0 Å². The van der Waals surface area contributed by atoms with Gasteiger partial charge in [-0.2, -0.15) is 0 Å². The van der Waals surface area contributed by atoms with E-state index in [0.717, 1.165) is 13.1 Å². The second-order valence-corrected chi connectivity index (χ2v) is 4.09. The van der Waals surface area contributed by atoms with E-state index in [4.69, 9.17) is 5.11 Å². The van der Waals surface area contributed by atoms with Crippen molar-refractivity contribution in [2.75, 3.05) is 31.1 Å². The molecule has 1 aromatic heterocycles. The first-order valence-electron chi connectivity index (χ1n) is 5.83. The van der Waals surface area contributed by atoms with Gasteiger partial charge in [0.15, 0.2) is 0 Å². The molecule has 0 radical (unpaired) electrons. The molecule has 1 atom stereocenters. The van der Waals surface area contributed by atoms with Gasteiger partial charge in [0.25, 0.3) is 0 Å². The summed E-state index contributed by atoms with van der Waals surface area (Å²) in [4.78, 5) is 23.4. The van der Waals surface area contributed by atoms with Crippen molar-refractivity contribution in [1.29, 1.82) is 0 Å². The van der Waals surface area contributed by atoms with Crippen LogP contribution in [0.25, 0.3) is 0 Å². The smallest absolute Gasteiger partial charge is 0.324 e. The van der Waals surface area contributed by atoms with Crippen molar-refractivity contribution < 1.29 is 9.90 Å². The lowest BCUT2D eigenvalue weighted by molar-refractivity contribution is -0.141. The molecule has 1 saturated heterocycles. The average molecular weight is 248 g/mol. The van der Waals surface area contributed by atoms with Crippen molar-refractivity contribution in [1.82, 2.24) is 14.9 Å². The van der Waals surface area contributed by atoms with Gasteiger partial charge in [-0.05, 0) is 6.07 Å². The van der Waals surface area contributed by atoms with Crippen LogP contribution in [0.1, 0.15) is 0 Å². The third-order valence-corrected chi connectivity index (χ3v) is 3.02. The molecule has 0 saturated carbocycles. The zero-order chi connectivity index (χ0) is 13.0. The zero-order valence-electron chi connectivity index (χ0n) is 10.1. The predicted molar refractivity (Wildman–Crippen MR) is 67.4 cm³/mol. The van der Waals surface area contributed by atoms with Crippen molar-refractivity contribution >= 4 is 11.9 Å². The van der Waals surface area contributed by atoms with E-state index >= 15 is 0 Å². The molecular formula is C12H16N4O2. The lowest BCUT2D eigenvalue weighted by atomic mass is 10.2. The second-order valence-electron chi connectivity index (χ2n) is 4.09. The molecular weight excluding hydrogens is 232 g/mol. The Morgan fingerprint density at radius 2 is 1.94 bits per heavy atom. The number of hydrogen-bond donors (Lipinski definition) is 1. The van der Waals surface area contributed by atoms with Gasteiger partial charge in [-0.15, -0.1) is 6.58 Å². The summed E-state index contributed by atoms with van der Waals surface area (Å²) in [7, 11) is 0. The largest absolute Gasteiger partial charge is 0.480 e. The van der Waals surface area contributed by atoms with Crippen molar-refractivity contribution in [2.45, 2.75) is 6.04 Å².